The van der Waals surface area contributed by atoms with Crippen molar-refractivity contribution in [1.82, 2.24) is 15.0 Å². The van der Waals surface area contributed by atoms with Crippen LogP contribution in [0, 0.1) is 18.3 Å². The number of hydrogen-bond donors (Lipinski definition) is 3. The van der Waals surface area contributed by atoms with E-state index in [9.17, 15) is 13.7 Å². The van der Waals surface area contributed by atoms with Gasteiger partial charge in [-0.25, -0.2) is 4.98 Å². The molecule has 0 atom stereocenters. The van der Waals surface area contributed by atoms with E-state index in [-0.39, 0.29) is 10.9 Å². The predicted molar refractivity (Wildman–Crippen MR) is 91.2 cm³/mol. The number of aromatic amines is 2. The molecule has 3 N–H and O–H groups in total. The Kier molecular flexibility index (Phi) is 3.81. The van der Waals surface area contributed by atoms with Crippen molar-refractivity contribution in [3.05, 3.63) is 41.5 Å². The molecule has 0 radical (unpaired) electrons. The van der Waals surface area contributed by atoms with Crippen LogP contribution in [0.2, 0.25) is 0 Å². The maximum Gasteiger partial charge on any atom is 0.279 e. The van der Waals surface area contributed by atoms with Gasteiger partial charge in [-0.15, -0.1) is 0 Å². The summed E-state index contributed by atoms with van der Waals surface area (Å²) in [6.45, 7) is 5.72. The van der Waals surface area contributed by atoms with Gasteiger partial charge in [0.05, 0.1) is 23.0 Å². The molecular weight excluding hydrogens is 326 g/mol. The number of rotatable bonds is 4. The number of imidazole rings is 1. The van der Waals surface area contributed by atoms with Gasteiger partial charge in [0.15, 0.2) is 5.03 Å². The molecule has 0 fully saturated rings. The summed E-state index contributed by atoms with van der Waals surface area (Å²) in [4.78, 5) is 9.89. The molecule has 3 rings (SSSR count). The number of nitriles is 1. The zero-order valence-corrected chi connectivity index (χ0v) is 14.3. The van der Waals surface area contributed by atoms with Gasteiger partial charge in [0.25, 0.3) is 10.0 Å². The highest BCUT2D eigenvalue weighted by Crippen LogP contribution is 2.29. The molecule has 0 aliphatic rings. The summed E-state index contributed by atoms with van der Waals surface area (Å²) < 4.78 is 27.7. The van der Waals surface area contributed by atoms with E-state index >= 15 is 0 Å². The van der Waals surface area contributed by atoms with Gasteiger partial charge in [-0.1, -0.05) is 19.9 Å². The number of hydrogen-bond acceptors (Lipinski definition) is 4. The number of nitrogens with zero attached hydrogens (tertiary/aromatic N) is 2. The van der Waals surface area contributed by atoms with Crippen molar-refractivity contribution in [3.8, 4) is 6.07 Å². The molecular formula is C16H17N5O2S. The zero-order chi connectivity index (χ0) is 17.5. The van der Waals surface area contributed by atoms with Gasteiger partial charge in [-0.05, 0) is 18.6 Å². The van der Waals surface area contributed by atoms with Crippen LogP contribution in [-0.4, -0.2) is 23.4 Å². The molecule has 8 heteroatoms. The van der Waals surface area contributed by atoms with E-state index < -0.39 is 10.0 Å². The second kappa shape index (κ2) is 5.69. The maximum absolute atomic E-state index is 12.6. The molecule has 1 aromatic carbocycles. The van der Waals surface area contributed by atoms with E-state index in [1.165, 1.54) is 6.20 Å². The lowest BCUT2D eigenvalue weighted by Gasteiger charge is -2.09. The van der Waals surface area contributed by atoms with Gasteiger partial charge < -0.3 is 9.97 Å². The molecule has 0 spiro atoms. The lowest BCUT2D eigenvalue weighted by Crippen LogP contribution is -2.14. The van der Waals surface area contributed by atoms with Gasteiger partial charge in [-0.2, -0.15) is 13.7 Å². The molecule has 24 heavy (non-hydrogen) atoms. The first-order chi connectivity index (χ1) is 11.3. The SMILES string of the molecule is Cc1ccc(NS(=O)(=O)c2cnc(C(C)C)[nH]2)c2[nH]cc(C#N)c12. The van der Waals surface area contributed by atoms with Crippen molar-refractivity contribution in [2.24, 2.45) is 0 Å². The number of benzene rings is 1. The van der Waals surface area contributed by atoms with Gasteiger partial charge in [0, 0.05) is 17.5 Å². The van der Waals surface area contributed by atoms with E-state index in [4.69, 9.17) is 0 Å². The van der Waals surface area contributed by atoms with Crippen LogP contribution in [0.1, 0.15) is 36.7 Å². The Morgan fingerprint density at radius 1 is 1.33 bits per heavy atom. The Morgan fingerprint density at radius 3 is 2.71 bits per heavy atom. The number of sulfonamides is 1. The van der Waals surface area contributed by atoms with Gasteiger partial charge in [0.1, 0.15) is 11.9 Å². The third kappa shape index (κ3) is 2.63. The maximum atomic E-state index is 12.6. The number of nitrogens with one attached hydrogen (secondary N) is 3. The highest BCUT2D eigenvalue weighted by molar-refractivity contribution is 7.92. The highest BCUT2D eigenvalue weighted by atomic mass is 32.2. The summed E-state index contributed by atoms with van der Waals surface area (Å²) in [5, 5.41) is 9.90. The molecule has 2 aromatic heterocycles. The van der Waals surface area contributed by atoms with Crippen LogP contribution < -0.4 is 4.72 Å². The standard InChI is InChI=1S/C16H17N5O2S/c1-9(2)16-19-8-13(20-16)24(22,23)21-12-5-4-10(3)14-11(6-17)7-18-15(12)14/h4-5,7-9,18,21H,1-3H3,(H,19,20). The van der Waals surface area contributed by atoms with E-state index in [0.29, 0.717) is 28.0 Å². The molecule has 124 valence electrons. The van der Waals surface area contributed by atoms with E-state index in [1.54, 1.807) is 18.3 Å². The lowest BCUT2D eigenvalue weighted by molar-refractivity contribution is 0.597. The Hall–Kier alpha value is -2.79. The second-order valence-electron chi connectivity index (χ2n) is 5.89. The van der Waals surface area contributed by atoms with Crippen LogP contribution in [0.15, 0.2) is 29.6 Å². The minimum absolute atomic E-state index is 0.00647. The molecule has 0 amide bonds. The normalized spacial score (nSPS) is 11.8. The number of fused-ring (bicyclic) bond motifs is 1. The number of H-pyrrole nitrogens is 2. The monoisotopic (exact) mass is 343 g/mol. The molecule has 0 aliphatic heterocycles. The van der Waals surface area contributed by atoms with Crippen molar-refractivity contribution < 1.29 is 8.42 Å². The Balaban J connectivity index is 2.04. The summed E-state index contributed by atoms with van der Waals surface area (Å²) >= 11 is 0. The van der Waals surface area contributed by atoms with Crippen LogP contribution >= 0.6 is 0 Å². The molecule has 0 bridgehead atoms. The van der Waals surface area contributed by atoms with Crippen LogP contribution in [0.3, 0.4) is 0 Å². The minimum atomic E-state index is -3.80. The van der Waals surface area contributed by atoms with E-state index in [2.05, 4.69) is 25.7 Å². The molecule has 0 saturated heterocycles. The largest absolute Gasteiger partial charge is 0.358 e. The summed E-state index contributed by atoms with van der Waals surface area (Å²) in [7, 11) is -3.80. The van der Waals surface area contributed by atoms with Crippen molar-refractivity contribution in [2.75, 3.05) is 4.72 Å². The summed E-state index contributed by atoms with van der Waals surface area (Å²) in [6.07, 6.45) is 2.88. The first kappa shape index (κ1) is 16.1. The fourth-order valence-corrected chi connectivity index (χ4v) is 3.54. The van der Waals surface area contributed by atoms with Gasteiger partial charge in [0.2, 0.25) is 0 Å². The van der Waals surface area contributed by atoms with Crippen LogP contribution in [-0.2, 0) is 10.0 Å². The molecule has 0 unspecified atom stereocenters. The van der Waals surface area contributed by atoms with Gasteiger partial charge >= 0.3 is 0 Å². The first-order valence-electron chi connectivity index (χ1n) is 7.42. The summed E-state index contributed by atoms with van der Waals surface area (Å²) in [5.74, 6) is 0.706. The average molecular weight is 343 g/mol. The van der Waals surface area contributed by atoms with Crippen molar-refractivity contribution in [2.45, 2.75) is 31.7 Å². The van der Waals surface area contributed by atoms with Gasteiger partial charge in [-0.3, -0.25) is 4.72 Å². The number of anilines is 1. The topological polar surface area (TPSA) is 114 Å². The minimum Gasteiger partial charge on any atom is -0.358 e. The lowest BCUT2D eigenvalue weighted by atomic mass is 10.1. The average Bonchev–Trinajstić information content (AvgIpc) is 3.17. The Morgan fingerprint density at radius 2 is 2.08 bits per heavy atom. The Labute approximate surface area is 139 Å². The van der Waals surface area contributed by atoms with Crippen LogP contribution in [0.4, 0.5) is 5.69 Å². The summed E-state index contributed by atoms with van der Waals surface area (Å²) in [6, 6.07) is 5.56. The quantitative estimate of drug-likeness (QED) is 0.675. The first-order valence-corrected chi connectivity index (χ1v) is 8.90. The highest BCUT2D eigenvalue weighted by Gasteiger charge is 2.20. The summed E-state index contributed by atoms with van der Waals surface area (Å²) in [5.41, 5.74) is 2.35. The predicted octanol–water partition coefficient (Wildman–Crippen LogP) is 3.00. The smallest absolute Gasteiger partial charge is 0.279 e. The fraction of sp³-hybridized carbons (Fsp3) is 0.250. The molecule has 0 aliphatic carbocycles. The molecule has 0 saturated carbocycles. The third-order valence-electron chi connectivity index (χ3n) is 3.82. The second-order valence-corrected chi connectivity index (χ2v) is 7.54. The molecule has 2 heterocycles. The van der Waals surface area contributed by atoms with Crippen LogP contribution in [0.25, 0.3) is 10.9 Å². The Bertz CT molecular complexity index is 1050. The van der Waals surface area contributed by atoms with E-state index in [0.717, 1.165) is 5.56 Å². The van der Waals surface area contributed by atoms with E-state index in [1.807, 2.05) is 20.8 Å². The molecule has 7 nitrogen and oxygen atoms in total. The van der Waals surface area contributed by atoms with Crippen molar-refractivity contribution in [3.63, 3.8) is 0 Å². The van der Waals surface area contributed by atoms with Crippen LogP contribution in [0.5, 0.6) is 0 Å². The number of aryl methyl sites for hydroxylation is 1. The zero-order valence-electron chi connectivity index (χ0n) is 13.5. The van der Waals surface area contributed by atoms with Crippen molar-refractivity contribution >= 4 is 26.6 Å². The van der Waals surface area contributed by atoms with Crippen molar-refractivity contribution in [1.29, 1.82) is 5.26 Å². The number of aromatic nitrogens is 3. The fourth-order valence-electron chi connectivity index (χ4n) is 2.54. The molecule has 3 aromatic rings. The third-order valence-corrected chi connectivity index (χ3v) is 5.09.